The van der Waals surface area contributed by atoms with Gasteiger partial charge >= 0.3 is 0 Å². The molecule has 0 aromatic heterocycles. The van der Waals surface area contributed by atoms with Crippen LogP contribution in [0.1, 0.15) is 37.0 Å². The van der Waals surface area contributed by atoms with Crippen LogP contribution in [-0.2, 0) is 0 Å². The first kappa shape index (κ1) is 19.1. The monoisotopic (exact) mass is 352 g/mol. The van der Waals surface area contributed by atoms with Crippen molar-refractivity contribution < 1.29 is 9.53 Å². The predicted octanol–water partition coefficient (Wildman–Crippen LogP) is 3.31. The number of carbonyl (C=O) groups excluding carboxylic acids is 1. The fraction of sp³-hybridized carbons (Fsp3) is 0.632. The summed E-state index contributed by atoms with van der Waals surface area (Å²) in [4.78, 5) is 16.6. The maximum atomic E-state index is 12.3. The quantitative estimate of drug-likeness (QED) is 0.754. The lowest BCUT2D eigenvalue weighted by atomic mass is 9.77. The third-order valence-electron chi connectivity index (χ3n) is 5.39. The number of benzene rings is 1. The van der Waals surface area contributed by atoms with E-state index in [1.54, 1.807) is 0 Å². The van der Waals surface area contributed by atoms with Crippen LogP contribution in [0.5, 0.6) is 5.75 Å². The molecule has 1 heterocycles. The summed E-state index contributed by atoms with van der Waals surface area (Å²) in [6, 6.07) is 7.55. The minimum Gasteiger partial charge on any atom is -0.492 e. The molecule has 2 fully saturated rings. The minimum atomic E-state index is 0. The molecule has 1 aromatic rings. The normalized spacial score (nSPS) is 22.2. The van der Waals surface area contributed by atoms with Crippen LogP contribution in [0.2, 0.25) is 0 Å². The van der Waals surface area contributed by atoms with E-state index in [0.717, 1.165) is 49.4 Å². The molecule has 2 atom stereocenters. The van der Waals surface area contributed by atoms with Crippen molar-refractivity contribution in [3.8, 4) is 5.75 Å². The van der Waals surface area contributed by atoms with Gasteiger partial charge in [-0.15, -0.1) is 12.4 Å². The van der Waals surface area contributed by atoms with Crippen LogP contribution in [0.15, 0.2) is 24.3 Å². The second-order valence-corrected chi connectivity index (χ2v) is 6.71. The van der Waals surface area contributed by atoms with Gasteiger partial charge in [0.1, 0.15) is 12.4 Å². The van der Waals surface area contributed by atoms with Crippen molar-refractivity contribution in [1.29, 1.82) is 0 Å². The Labute approximate surface area is 151 Å². The zero-order valence-corrected chi connectivity index (χ0v) is 15.6. The van der Waals surface area contributed by atoms with E-state index in [4.69, 9.17) is 4.74 Å². The molecule has 0 radical (unpaired) electrons. The molecular weight excluding hydrogens is 324 g/mol. The number of carbonyl (C=O) groups is 1. The summed E-state index contributed by atoms with van der Waals surface area (Å²) in [5.41, 5.74) is 0.733. The van der Waals surface area contributed by atoms with Crippen LogP contribution in [0.25, 0.3) is 0 Å². The van der Waals surface area contributed by atoms with Crippen molar-refractivity contribution in [3.63, 3.8) is 0 Å². The zero-order valence-electron chi connectivity index (χ0n) is 14.7. The lowest BCUT2D eigenvalue weighted by molar-refractivity contribution is 0.0773. The Morgan fingerprint density at radius 2 is 1.71 bits per heavy atom. The third-order valence-corrected chi connectivity index (χ3v) is 5.39. The Kier molecular flexibility index (Phi) is 6.93. The number of amides is 1. The molecular formula is C19H29ClN2O2. The van der Waals surface area contributed by atoms with Crippen molar-refractivity contribution in [2.45, 2.75) is 26.7 Å². The number of ether oxygens (including phenoxy) is 1. The van der Waals surface area contributed by atoms with Crippen molar-refractivity contribution in [1.82, 2.24) is 9.80 Å². The first-order valence-corrected chi connectivity index (χ1v) is 8.95. The van der Waals surface area contributed by atoms with Crippen LogP contribution >= 0.6 is 12.4 Å². The van der Waals surface area contributed by atoms with Crippen molar-refractivity contribution in [2.75, 3.05) is 39.3 Å². The maximum Gasteiger partial charge on any atom is 0.253 e. The molecule has 0 bridgehead atoms. The second-order valence-electron chi connectivity index (χ2n) is 6.71. The molecule has 0 N–H and O–H groups in total. The van der Waals surface area contributed by atoms with Gasteiger partial charge in [-0.25, -0.2) is 0 Å². The highest BCUT2D eigenvalue weighted by atomic mass is 35.5. The number of nitrogens with zero attached hydrogens (tertiary/aromatic N) is 2. The van der Waals surface area contributed by atoms with Gasteiger partial charge in [0.25, 0.3) is 5.91 Å². The number of halogens is 1. The number of rotatable bonds is 7. The second kappa shape index (κ2) is 8.72. The van der Waals surface area contributed by atoms with Crippen molar-refractivity contribution in [2.24, 2.45) is 11.8 Å². The molecule has 1 saturated heterocycles. The standard InChI is InChI=1S/C19H28N2O2.ClH/c1-3-21(4-2)19(22)15-7-9-18(10-8-15)23-12-11-20-13-16-5-6-17(16)14-20;/h7-10,16-17H,3-6,11-14H2,1-2H3;1H/t16-,17+;. The molecule has 0 unspecified atom stereocenters. The van der Waals surface area contributed by atoms with Gasteiger partial charge in [0, 0.05) is 38.3 Å². The Hall–Kier alpha value is -1.26. The Balaban J connectivity index is 0.00000208. The molecule has 2 aliphatic rings. The SMILES string of the molecule is CCN(CC)C(=O)c1ccc(OCCN2C[C@H]3CC[C@H]3C2)cc1.Cl. The first-order valence-electron chi connectivity index (χ1n) is 8.95. The van der Waals surface area contributed by atoms with E-state index in [0.29, 0.717) is 0 Å². The highest BCUT2D eigenvalue weighted by molar-refractivity contribution is 5.94. The van der Waals surface area contributed by atoms with E-state index in [1.165, 1.54) is 25.9 Å². The summed E-state index contributed by atoms with van der Waals surface area (Å²) < 4.78 is 5.84. The molecule has 3 rings (SSSR count). The van der Waals surface area contributed by atoms with E-state index >= 15 is 0 Å². The smallest absolute Gasteiger partial charge is 0.253 e. The van der Waals surface area contributed by atoms with Gasteiger partial charge in [0.15, 0.2) is 0 Å². The fourth-order valence-electron chi connectivity index (χ4n) is 3.72. The molecule has 1 amide bonds. The first-order chi connectivity index (χ1) is 11.2. The van der Waals surface area contributed by atoms with Gasteiger partial charge in [-0.2, -0.15) is 0 Å². The summed E-state index contributed by atoms with van der Waals surface area (Å²) in [6.07, 6.45) is 2.84. The Morgan fingerprint density at radius 1 is 1.12 bits per heavy atom. The van der Waals surface area contributed by atoms with Crippen LogP contribution in [0, 0.1) is 11.8 Å². The fourth-order valence-corrected chi connectivity index (χ4v) is 3.72. The van der Waals surface area contributed by atoms with Gasteiger partial charge in [0.2, 0.25) is 0 Å². The minimum absolute atomic E-state index is 0. The van der Waals surface area contributed by atoms with E-state index in [2.05, 4.69) is 4.90 Å². The number of hydrogen-bond donors (Lipinski definition) is 0. The summed E-state index contributed by atoms with van der Waals surface area (Å²) >= 11 is 0. The van der Waals surface area contributed by atoms with Crippen molar-refractivity contribution >= 4 is 18.3 Å². The van der Waals surface area contributed by atoms with E-state index in [-0.39, 0.29) is 18.3 Å². The summed E-state index contributed by atoms with van der Waals surface area (Å²) in [5, 5.41) is 0. The van der Waals surface area contributed by atoms with E-state index in [1.807, 2.05) is 43.0 Å². The average molecular weight is 353 g/mol. The van der Waals surface area contributed by atoms with Crippen LogP contribution < -0.4 is 4.74 Å². The summed E-state index contributed by atoms with van der Waals surface area (Å²) in [7, 11) is 0. The lowest BCUT2D eigenvalue weighted by Crippen LogP contribution is -2.30. The average Bonchev–Trinajstić information content (AvgIpc) is 2.84. The number of likely N-dealkylation sites (tertiary alicyclic amines) is 1. The molecule has 4 nitrogen and oxygen atoms in total. The van der Waals surface area contributed by atoms with Crippen LogP contribution in [-0.4, -0.2) is 55.0 Å². The number of fused-ring (bicyclic) bond motifs is 1. The highest BCUT2D eigenvalue weighted by Crippen LogP contribution is 2.40. The van der Waals surface area contributed by atoms with Gasteiger partial charge in [-0.05, 0) is 62.8 Å². The third kappa shape index (κ3) is 4.22. The molecule has 1 saturated carbocycles. The van der Waals surface area contributed by atoms with Gasteiger partial charge in [-0.1, -0.05) is 0 Å². The molecule has 134 valence electrons. The molecule has 0 spiro atoms. The molecule has 1 aliphatic carbocycles. The van der Waals surface area contributed by atoms with E-state index in [9.17, 15) is 4.79 Å². The van der Waals surface area contributed by atoms with Gasteiger partial charge in [-0.3, -0.25) is 9.69 Å². The summed E-state index contributed by atoms with van der Waals surface area (Å²) in [6.45, 7) is 9.73. The zero-order chi connectivity index (χ0) is 16.2. The molecule has 5 heteroatoms. The molecule has 24 heavy (non-hydrogen) atoms. The van der Waals surface area contributed by atoms with E-state index < -0.39 is 0 Å². The molecule has 1 aromatic carbocycles. The highest BCUT2D eigenvalue weighted by Gasteiger charge is 2.38. The number of hydrogen-bond acceptors (Lipinski definition) is 3. The largest absolute Gasteiger partial charge is 0.492 e. The maximum absolute atomic E-state index is 12.3. The summed E-state index contributed by atoms with van der Waals surface area (Å²) in [5.74, 6) is 2.86. The van der Waals surface area contributed by atoms with Crippen LogP contribution in [0.3, 0.4) is 0 Å². The van der Waals surface area contributed by atoms with Crippen LogP contribution in [0.4, 0.5) is 0 Å². The predicted molar refractivity (Wildman–Crippen MR) is 99.1 cm³/mol. The van der Waals surface area contributed by atoms with Gasteiger partial charge < -0.3 is 9.64 Å². The molecule has 1 aliphatic heterocycles. The Bertz CT molecular complexity index is 519. The topological polar surface area (TPSA) is 32.8 Å². The van der Waals surface area contributed by atoms with Gasteiger partial charge in [0.05, 0.1) is 0 Å². The van der Waals surface area contributed by atoms with Crippen molar-refractivity contribution in [3.05, 3.63) is 29.8 Å². The lowest BCUT2D eigenvalue weighted by Gasteiger charge is -2.28. The Morgan fingerprint density at radius 3 is 2.21 bits per heavy atom.